The van der Waals surface area contributed by atoms with Crippen LogP contribution < -0.4 is 4.74 Å². The third-order valence-electron chi connectivity index (χ3n) is 2.92. The van der Waals surface area contributed by atoms with Crippen molar-refractivity contribution in [3.05, 3.63) is 65.7 Å². The summed E-state index contributed by atoms with van der Waals surface area (Å²) in [6.45, 7) is 0. The predicted molar refractivity (Wildman–Crippen MR) is 74.6 cm³/mol. The molecule has 0 aliphatic carbocycles. The van der Waals surface area contributed by atoms with Crippen LogP contribution in [-0.4, -0.2) is 12.8 Å². The van der Waals surface area contributed by atoms with Crippen LogP contribution in [0.4, 0.5) is 0 Å². The lowest BCUT2D eigenvalue weighted by Crippen LogP contribution is -2.01. The molecule has 2 nitrogen and oxygen atoms in total. The van der Waals surface area contributed by atoms with E-state index < -0.39 is 0 Å². The standard InChI is InChI=1S/C16H17NO/c1-18-15-9-5-8-14(12-15)16(17)11-10-13-6-3-2-4-7-13/h2-9,12,17H,10-11H2,1H3. The highest BCUT2D eigenvalue weighted by atomic mass is 16.5. The Labute approximate surface area is 108 Å². The molecule has 0 aliphatic heterocycles. The number of benzene rings is 2. The molecule has 0 aromatic heterocycles. The molecule has 1 N–H and O–H groups in total. The fourth-order valence-electron chi connectivity index (χ4n) is 1.87. The van der Waals surface area contributed by atoms with Crippen molar-refractivity contribution >= 4 is 5.71 Å². The minimum atomic E-state index is 0.651. The largest absolute Gasteiger partial charge is 0.497 e. The molecule has 0 fully saturated rings. The first-order valence-electron chi connectivity index (χ1n) is 6.05. The second-order valence-electron chi connectivity index (χ2n) is 4.20. The van der Waals surface area contributed by atoms with E-state index in [2.05, 4.69) is 12.1 Å². The molecule has 0 aliphatic rings. The van der Waals surface area contributed by atoms with Gasteiger partial charge < -0.3 is 10.1 Å². The Hall–Kier alpha value is -2.09. The monoisotopic (exact) mass is 239 g/mol. The molecule has 18 heavy (non-hydrogen) atoms. The van der Waals surface area contributed by atoms with E-state index in [1.807, 2.05) is 42.5 Å². The van der Waals surface area contributed by atoms with E-state index in [1.54, 1.807) is 7.11 Å². The molecule has 0 radical (unpaired) electrons. The topological polar surface area (TPSA) is 33.1 Å². The molecule has 2 aromatic carbocycles. The van der Waals surface area contributed by atoms with Gasteiger partial charge in [0.25, 0.3) is 0 Å². The lowest BCUT2D eigenvalue weighted by atomic mass is 10.0. The Bertz CT molecular complexity index is 520. The van der Waals surface area contributed by atoms with Crippen molar-refractivity contribution in [2.75, 3.05) is 7.11 Å². The van der Waals surface area contributed by atoms with Crippen molar-refractivity contribution in [1.82, 2.24) is 0 Å². The highest BCUT2D eigenvalue weighted by Gasteiger charge is 2.03. The van der Waals surface area contributed by atoms with E-state index in [1.165, 1.54) is 5.56 Å². The summed E-state index contributed by atoms with van der Waals surface area (Å²) in [6, 6.07) is 18.0. The van der Waals surface area contributed by atoms with Gasteiger partial charge >= 0.3 is 0 Å². The zero-order chi connectivity index (χ0) is 12.8. The number of hydrogen-bond acceptors (Lipinski definition) is 2. The zero-order valence-electron chi connectivity index (χ0n) is 10.5. The van der Waals surface area contributed by atoms with Gasteiger partial charge in [0, 0.05) is 5.71 Å². The Morgan fingerprint density at radius 3 is 2.56 bits per heavy atom. The maximum Gasteiger partial charge on any atom is 0.119 e. The fourth-order valence-corrected chi connectivity index (χ4v) is 1.87. The van der Waals surface area contributed by atoms with E-state index >= 15 is 0 Å². The van der Waals surface area contributed by atoms with E-state index in [0.29, 0.717) is 5.71 Å². The fraction of sp³-hybridized carbons (Fsp3) is 0.188. The maximum absolute atomic E-state index is 8.10. The SMILES string of the molecule is COc1cccc(C(=N)CCc2ccccc2)c1. The van der Waals surface area contributed by atoms with Gasteiger partial charge in [0.15, 0.2) is 0 Å². The van der Waals surface area contributed by atoms with Crippen LogP contribution >= 0.6 is 0 Å². The van der Waals surface area contributed by atoms with Crippen molar-refractivity contribution in [1.29, 1.82) is 5.41 Å². The van der Waals surface area contributed by atoms with Gasteiger partial charge in [-0.25, -0.2) is 0 Å². The van der Waals surface area contributed by atoms with Gasteiger partial charge in [0.1, 0.15) is 5.75 Å². The van der Waals surface area contributed by atoms with Crippen LogP contribution in [-0.2, 0) is 6.42 Å². The lowest BCUT2D eigenvalue weighted by molar-refractivity contribution is 0.414. The number of aryl methyl sites for hydroxylation is 1. The van der Waals surface area contributed by atoms with Gasteiger partial charge in [-0.1, -0.05) is 42.5 Å². The molecule has 0 atom stereocenters. The molecule has 0 heterocycles. The molecule has 0 spiro atoms. The first kappa shape index (κ1) is 12.4. The second-order valence-corrected chi connectivity index (χ2v) is 4.20. The molecule has 0 bridgehead atoms. The molecule has 0 amide bonds. The molecule has 92 valence electrons. The third kappa shape index (κ3) is 3.20. The van der Waals surface area contributed by atoms with Crippen LogP contribution in [0, 0.1) is 5.41 Å². The summed E-state index contributed by atoms with van der Waals surface area (Å²) in [6.07, 6.45) is 1.65. The van der Waals surface area contributed by atoms with Gasteiger partial charge in [-0.15, -0.1) is 0 Å². The molecule has 0 saturated heterocycles. The summed E-state index contributed by atoms with van der Waals surface area (Å²) >= 11 is 0. The zero-order valence-corrected chi connectivity index (χ0v) is 10.5. The smallest absolute Gasteiger partial charge is 0.119 e. The quantitative estimate of drug-likeness (QED) is 0.793. The van der Waals surface area contributed by atoms with Gasteiger partial charge in [0.2, 0.25) is 0 Å². The highest BCUT2D eigenvalue weighted by Crippen LogP contribution is 2.15. The molecule has 2 heteroatoms. The van der Waals surface area contributed by atoms with Crippen LogP contribution in [0.15, 0.2) is 54.6 Å². The van der Waals surface area contributed by atoms with E-state index in [-0.39, 0.29) is 0 Å². The average molecular weight is 239 g/mol. The number of nitrogens with one attached hydrogen (secondary N) is 1. The first-order valence-corrected chi connectivity index (χ1v) is 6.05. The van der Waals surface area contributed by atoms with Gasteiger partial charge in [0.05, 0.1) is 7.11 Å². The lowest BCUT2D eigenvalue weighted by Gasteiger charge is -2.06. The molecular weight excluding hydrogens is 222 g/mol. The van der Waals surface area contributed by atoms with Crippen molar-refractivity contribution < 1.29 is 4.74 Å². The molecule has 0 unspecified atom stereocenters. The summed E-state index contributed by atoms with van der Waals surface area (Å²) in [4.78, 5) is 0. The normalized spacial score (nSPS) is 10.1. The number of ether oxygens (including phenoxy) is 1. The molecular formula is C16H17NO. The number of hydrogen-bond donors (Lipinski definition) is 1. The number of rotatable bonds is 5. The van der Waals surface area contributed by atoms with Crippen molar-refractivity contribution in [2.45, 2.75) is 12.8 Å². The van der Waals surface area contributed by atoms with Crippen LogP contribution in [0.3, 0.4) is 0 Å². The Morgan fingerprint density at radius 2 is 1.83 bits per heavy atom. The summed E-state index contributed by atoms with van der Waals surface area (Å²) < 4.78 is 5.17. The van der Waals surface area contributed by atoms with Crippen LogP contribution in [0.2, 0.25) is 0 Å². The Balaban J connectivity index is 1.99. The average Bonchev–Trinajstić information content (AvgIpc) is 2.46. The van der Waals surface area contributed by atoms with Crippen molar-refractivity contribution in [2.24, 2.45) is 0 Å². The Kier molecular flexibility index (Phi) is 4.13. The maximum atomic E-state index is 8.10. The van der Waals surface area contributed by atoms with E-state index in [0.717, 1.165) is 24.2 Å². The highest BCUT2D eigenvalue weighted by molar-refractivity contribution is 5.98. The molecule has 2 rings (SSSR count). The number of methoxy groups -OCH3 is 1. The first-order chi connectivity index (χ1) is 8.79. The van der Waals surface area contributed by atoms with Gasteiger partial charge in [-0.2, -0.15) is 0 Å². The Morgan fingerprint density at radius 1 is 1.06 bits per heavy atom. The molecule has 0 saturated carbocycles. The van der Waals surface area contributed by atoms with Crippen LogP contribution in [0.5, 0.6) is 5.75 Å². The van der Waals surface area contributed by atoms with Crippen LogP contribution in [0.25, 0.3) is 0 Å². The van der Waals surface area contributed by atoms with E-state index in [4.69, 9.17) is 10.1 Å². The van der Waals surface area contributed by atoms with Crippen molar-refractivity contribution in [3.63, 3.8) is 0 Å². The third-order valence-corrected chi connectivity index (χ3v) is 2.92. The minimum absolute atomic E-state index is 0.651. The molecule has 2 aromatic rings. The summed E-state index contributed by atoms with van der Waals surface area (Å²) in [5.74, 6) is 0.803. The summed E-state index contributed by atoms with van der Waals surface area (Å²) in [5.41, 5.74) is 2.85. The summed E-state index contributed by atoms with van der Waals surface area (Å²) in [5, 5.41) is 8.10. The predicted octanol–water partition coefficient (Wildman–Crippen LogP) is 3.70. The minimum Gasteiger partial charge on any atom is -0.497 e. The van der Waals surface area contributed by atoms with E-state index in [9.17, 15) is 0 Å². The second kappa shape index (κ2) is 6.01. The summed E-state index contributed by atoms with van der Waals surface area (Å²) in [7, 11) is 1.65. The van der Waals surface area contributed by atoms with Crippen LogP contribution in [0.1, 0.15) is 17.5 Å². The van der Waals surface area contributed by atoms with Gasteiger partial charge in [-0.05, 0) is 36.1 Å². The van der Waals surface area contributed by atoms with Gasteiger partial charge in [-0.3, -0.25) is 0 Å². The van der Waals surface area contributed by atoms with Crippen molar-refractivity contribution in [3.8, 4) is 5.75 Å².